The van der Waals surface area contributed by atoms with E-state index in [4.69, 9.17) is 5.11 Å². The highest BCUT2D eigenvalue weighted by Gasteiger charge is 2.29. The van der Waals surface area contributed by atoms with E-state index in [9.17, 15) is 9.59 Å². The third-order valence-electron chi connectivity index (χ3n) is 4.02. The number of aliphatic carboxylic acids is 1. The van der Waals surface area contributed by atoms with E-state index in [1.165, 1.54) is 6.42 Å². The van der Waals surface area contributed by atoms with Gasteiger partial charge in [0.05, 0.1) is 6.42 Å². The van der Waals surface area contributed by atoms with Gasteiger partial charge in [-0.05, 0) is 40.5 Å². The number of rotatable bonds is 5. The molecule has 1 rings (SSSR count). The second-order valence-electron chi connectivity index (χ2n) is 5.69. The van der Waals surface area contributed by atoms with E-state index in [1.54, 1.807) is 11.8 Å². The molecule has 3 unspecified atom stereocenters. The van der Waals surface area contributed by atoms with Crippen molar-refractivity contribution in [2.45, 2.75) is 71.5 Å². The Morgan fingerprint density at radius 3 is 2.35 bits per heavy atom. The lowest BCUT2D eigenvalue weighted by atomic mass is 10.00. The molecule has 1 saturated heterocycles. The van der Waals surface area contributed by atoms with Crippen LogP contribution in [0.25, 0.3) is 0 Å². The normalized spacial score (nSPS) is 25.0. The summed E-state index contributed by atoms with van der Waals surface area (Å²) in [5.41, 5.74) is 2.95. The van der Waals surface area contributed by atoms with Crippen LogP contribution in [0.3, 0.4) is 0 Å². The summed E-state index contributed by atoms with van der Waals surface area (Å²) in [5, 5.41) is 10.8. The highest BCUT2D eigenvalue weighted by atomic mass is 16.4. The van der Waals surface area contributed by atoms with Crippen LogP contribution < -0.4 is 5.43 Å². The van der Waals surface area contributed by atoms with Crippen LogP contribution in [-0.4, -0.2) is 51.7 Å². The highest BCUT2D eigenvalue weighted by Crippen LogP contribution is 2.20. The van der Waals surface area contributed by atoms with Gasteiger partial charge >= 0.3 is 12.0 Å². The van der Waals surface area contributed by atoms with E-state index >= 15 is 0 Å². The van der Waals surface area contributed by atoms with Gasteiger partial charge in [0, 0.05) is 24.7 Å². The Morgan fingerprint density at radius 1 is 1.35 bits per heavy atom. The fourth-order valence-electron chi connectivity index (χ4n) is 2.83. The third kappa shape index (κ3) is 4.37. The number of urea groups is 1. The van der Waals surface area contributed by atoms with Crippen molar-refractivity contribution < 1.29 is 14.7 Å². The fourth-order valence-corrected chi connectivity index (χ4v) is 2.83. The van der Waals surface area contributed by atoms with Crippen molar-refractivity contribution >= 4 is 12.0 Å². The largest absolute Gasteiger partial charge is 0.481 e. The minimum absolute atomic E-state index is 0.0354. The lowest BCUT2D eigenvalue weighted by molar-refractivity contribution is -0.138. The van der Waals surface area contributed by atoms with Crippen molar-refractivity contribution in [2.24, 2.45) is 0 Å². The van der Waals surface area contributed by atoms with E-state index in [0.717, 1.165) is 12.8 Å². The zero-order valence-electron chi connectivity index (χ0n) is 12.9. The van der Waals surface area contributed by atoms with Crippen LogP contribution in [0.1, 0.15) is 53.4 Å². The Labute approximate surface area is 121 Å². The molecule has 0 aromatic carbocycles. The van der Waals surface area contributed by atoms with E-state index in [-0.39, 0.29) is 18.5 Å². The molecule has 2 N–H and O–H groups in total. The predicted octanol–water partition coefficient (Wildman–Crippen LogP) is 2.06. The number of carboxylic acid groups (broad SMARTS) is 1. The summed E-state index contributed by atoms with van der Waals surface area (Å²) < 4.78 is 0. The van der Waals surface area contributed by atoms with Crippen molar-refractivity contribution in [3.63, 3.8) is 0 Å². The molecule has 1 aliphatic heterocycles. The molecule has 0 bridgehead atoms. The molecule has 1 heterocycles. The summed E-state index contributed by atoms with van der Waals surface area (Å²) in [6.07, 6.45) is 3.29. The van der Waals surface area contributed by atoms with Crippen LogP contribution in [0.2, 0.25) is 0 Å². The number of carboxylic acids is 1. The topological polar surface area (TPSA) is 72.9 Å². The number of nitrogens with zero attached hydrogens (tertiary/aromatic N) is 2. The summed E-state index contributed by atoms with van der Waals surface area (Å²) >= 11 is 0. The number of hydrogen-bond acceptors (Lipinski definition) is 3. The van der Waals surface area contributed by atoms with E-state index in [0.29, 0.717) is 18.6 Å². The first kappa shape index (κ1) is 16.8. The Balaban J connectivity index is 2.64. The zero-order valence-corrected chi connectivity index (χ0v) is 12.9. The Kier molecular flexibility index (Phi) is 6.26. The van der Waals surface area contributed by atoms with Gasteiger partial charge in [-0.3, -0.25) is 10.2 Å². The van der Waals surface area contributed by atoms with Crippen molar-refractivity contribution in [1.29, 1.82) is 0 Å². The van der Waals surface area contributed by atoms with Crippen molar-refractivity contribution in [3.05, 3.63) is 0 Å². The molecule has 0 aromatic rings. The maximum atomic E-state index is 12.3. The number of piperidine rings is 1. The minimum Gasteiger partial charge on any atom is -0.481 e. The lowest BCUT2D eigenvalue weighted by Crippen LogP contribution is -2.58. The molecule has 0 aromatic heterocycles. The number of hydrazine groups is 1. The molecule has 0 saturated carbocycles. The number of nitrogens with one attached hydrogen (secondary N) is 1. The highest BCUT2D eigenvalue weighted by molar-refractivity contribution is 5.75. The van der Waals surface area contributed by atoms with Crippen LogP contribution in [-0.2, 0) is 4.79 Å². The molecule has 6 nitrogen and oxygen atoms in total. The van der Waals surface area contributed by atoms with Gasteiger partial charge in [-0.15, -0.1) is 0 Å². The first-order valence-corrected chi connectivity index (χ1v) is 7.44. The van der Waals surface area contributed by atoms with Crippen LogP contribution in [0.4, 0.5) is 4.79 Å². The van der Waals surface area contributed by atoms with Gasteiger partial charge in [0.1, 0.15) is 0 Å². The van der Waals surface area contributed by atoms with Crippen molar-refractivity contribution in [2.75, 3.05) is 6.54 Å². The number of carbonyl (C=O) groups excluding carboxylic acids is 1. The van der Waals surface area contributed by atoms with E-state index < -0.39 is 5.97 Å². The van der Waals surface area contributed by atoms with Gasteiger partial charge < -0.3 is 10.0 Å². The Hall–Kier alpha value is -1.30. The molecular weight excluding hydrogens is 258 g/mol. The van der Waals surface area contributed by atoms with E-state index in [1.807, 2.05) is 11.9 Å². The second kappa shape index (κ2) is 7.47. The molecule has 3 atom stereocenters. The molecule has 6 heteroatoms. The quantitative estimate of drug-likeness (QED) is 0.811. The summed E-state index contributed by atoms with van der Waals surface area (Å²) in [6.45, 7) is 8.33. The standard InChI is InChI=1S/C14H27N3O3/c1-5-16(12(4)9-13(18)19)14(20)15-17-10(2)7-6-8-11(17)3/h10-12H,5-9H2,1-4H3,(H,15,20)(H,18,19). The maximum absolute atomic E-state index is 12.3. The Morgan fingerprint density at radius 2 is 1.90 bits per heavy atom. The molecule has 20 heavy (non-hydrogen) atoms. The zero-order chi connectivity index (χ0) is 15.3. The monoisotopic (exact) mass is 285 g/mol. The van der Waals surface area contributed by atoms with Crippen LogP contribution in [0, 0.1) is 0 Å². The lowest BCUT2D eigenvalue weighted by Gasteiger charge is -2.40. The smallest absolute Gasteiger partial charge is 0.332 e. The summed E-state index contributed by atoms with van der Waals surface area (Å²) in [6, 6.07) is 0.113. The molecule has 1 aliphatic rings. The van der Waals surface area contributed by atoms with Gasteiger partial charge in [0.15, 0.2) is 0 Å². The first-order valence-electron chi connectivity index (χ1n) is 7.44. The fraction of sp³-hybridized carbons (Fsp3) is 0.857. The predicted molar refractivity (Wildman–Crippen MR) is 77.2 cm³/mol. The van der Waals surface area contributed by atoms with Crippen molar-refractivity contribution in [1.82, 2.24) is 15.3 Å². The average Bonchev–Trinajstić information content (AvgIpc) is 2.34. The Bertz CT molecular complexity index is 339. The average molecular weight is 285 g/mol. The van der Waals surface area contributed by atoms with Gasteiger partial charge in [0.25, 0.3) is 0 Å². The molecule has 1 fully saturated rings. The van der Waals surface area contributed by atoms with Crippen LogP contribution in [0.15, 0.2) is 0 Å². The van der Waals surface area contributed by atoms with Gasteiger partial charge in [0.2, 0.25) is 0 Å². The summed E-state index contributed by atoms with van der Waals surface area (Å²) in [7, 11) is 0. The summed E-state index contributed by atoms with van der Waals surface area (Å²) in [4.78, 5) is 24.7. The van der Waals surface area contributed by atoms with Gasteiger partial charge in [-0.2, -0.15) is 0 Å². The molecule has 0 aliphatic carbocycles. The third-order valence-corrected chi connectivity index (χ3v) is 4.02. The van der Waals surface area contributed by atoms with E-state index in [2.05, 4.69) is 19.3 Å². The molecule has 116 valence electrons. The molecular formula is C14H27N3O3. The van der Waals surface area contributed by atoms with Crippen molar-refractivity contribution in [3.8, 4) is 0 Å². The molecule has 0 radical (unpaired) electrons. The summed E-state index contributed by atoms with van der Waals surface area (Å²) in [5.74, 6) is -0.886. The SMILES string of the molecule is CCN(C(=O)NN1C(C)CCCC1C)C(C)CC(=O)O. The van der Waals surface area contributed by atoms with Crippen LogP contribution >= 0.6 is 0 Å². The van der Waals surface area contributed by atoms with Crippen LogP contribution in [0.5, 0.6) is 0 Å². The minimum atomic E-state index is -0.886. The number of amides is 2. The maximum Gasteiger partial charge on any atom is 0.332 e. The van der Waals surface area contributed by atoms with Gasteiger partial charge in [-0.25, -0.2) is 9.80 Å². The number of hydrogen-bond donors (Lipinski definition) is 2. The molecule has 0 spiro atoms. The first-order chi connectivity index (χ1) is 9.36. The van der Waals surface area contributed by atoms with Gasteiger partial charge in [-0.1, -0.05) is 6.42 Å². The molecule has 2 amide bonds. The second-order valence-corrected chi connectivity index (χ2v) is 5.69. The number of carbonyl (C=O) groups is 2.